The van der Waals surface area contributed by atoms with Crippen LogP contribution in [-0.2, 0) is 0 Å². The van der Waals surface area contributed by atoms with Gasteiger partial charge in [0.05, 0.1) is 15.6 Å². The van der Waals surface area contributed by atoms with Crippen molar-refractivity contribution in [2.24, 2.45) is 5.92 Å². The van der Waals surface area contributed by atoms with E-state index in [0.29, 0.717) is 5.92 Å². The minimum Gasteiger partial charge on any atom is -0.397 e. The summed E-state index contributed by atoms with van der Waals surface area (Å²) in [6.45, 7) is 7.09. The summed E-state index contributed by atoms with van der Waals surface area (Å²) in [5.41, 5.74) is 8.25. The second kappa shape index (κ2) is 7.30. The number of nitrogens with two attached hydrogens (primary N) is 1. The van der Waals surface area contributed by atoms with E-state index in [1.54, 1.807) is 11.3 Å². The number of carbonyl (C=O) groups is 1. The fourth-order valence-electron chi connectivity index (χ4n) is 2.56. The number of hydrogen-bond acceptors (Lipinski definition) is 4. The SMILES string of the molecule is CCCCCCNc1sc(C(=O)C(C)C)c(N)c1C1CC1. The van der Waals surface area contributed by atoms with Crippen molar-refractivity contribution in [3.05, 3.63) is 10.4 Å². The van der Waals surface area contributed by atoms with Crippen molar-refractivity contribution in [2.75, 3.05) is 17.6 Å². The van der Waals surface area contributed by atoms with E-state index in [2.05, 4.69) is 12.2 Å². The first kappa shape index (κ1) is 16.3. The second-order valence-corrected chi connectivity index (χ2v) is 7.39. The molecule has 0 unspecified atom stereocenters. The number of thiophene rings is 1. The third-order valence-electron chi connectivity index (χ3n) is 4.03. The van der Waals surface area contributed by atoms with Crippen LogP contribution in [-0.4, -0.2) is 12.3 Å². The zero-order valence-electron chi connectivity index (χ0n) is 13.5. The molecule has 0 bridgehead atoms. The predicted octanol–water partition coefficient (Wildman–Crippen LogP) is 5.04. The van der Waals surface area contributed by atoms with E-state index < -0.39 is 0 Å². The molecule has 1 aliphatic rings. The van der Waals surface area contributed by atoms with Gasteiger partial charge in [0.2, 0.25) is 0 Å². The van der Waals surface area contributed by atoms with Crippen LogP contribution in [0.2, 0.25) is 0 Å². The van der Waals surface area contributed by atoms with E-state index in [0.717, 1.165) is 22.1 Å². The molecule has 1 aromatic rings. The van der Waals surface area contributed by atoms with Gasteiger partial charge in [-0.25, -0.2) is 0 Å². The topological polar surface area (TPSA) is 55.1 Å². The lowest BCUT2D eigenvalue weighted by atomic mass is 10.0. The highest BCUT2D eigenvalue weighted by molar-refractivity contribution is 7.18. The second-order valence-electron chi connectivity index (χ2n) is 6.37. The largest absolute Gasteiger partial charge is 0.397 e. The molecule has 4 heteroatoms. The van der Waals surface area contributed by atoms with Crippen LogP contribution >= 0.6 is 11.3 Å². The lowest BCUT2D eigenvalue weighted by Gasteiger charge is -2.07. The molecule has 1 heterocycles. The summed E-state index contributed by atoms with van der Waals surface area (Å²) in [5.74, 6) is 0.766. The van der Waals surface area contributed by atoms with Crippen LogP contribution in [0.5, 0.6) is 0 Å². The Balaban J connectivity index is 2.08. The Hall–Kier alpha value is -1.03. The summed E-state index contributed by atoms with van der Waals surface area (Å²) in [6, 6.07) is 0. The minimum atomic E-state index is 0.00964. The molecule has 1 fully saturated rings. The highest BCUT2D eigenvalue weighted by Crippen LogP contribution is 2.51. The molecule has 0 atom stereocenters. The summed E-state index contributed by atoms with van der Waals surface area (Å²) in [5, 5.41) is 4.68. The molecule has 0 aromatic carbocycles. The molecule has 0 spiro atoms. The van der Waals surface area contributed by atoms with Gasteiger partial charge in [-0.3, -0.25) is 4.79 Å². The number of nitrogens with one attached hydrogen (secondary N) is 1. The van der Waals surface area contributed by atoms with Gasteiger partial charge in [0, 0.05) is 18.0 Å². The molecule has 1 aromatic heterocycles. The molecule has 3 nitrogen and oxygen atoms in total. The number of rotatable bonds is 9. The smallest absolute Gasteiger partial charge is 0.177 e. The number of anilines is 2. The Morgan fingerprint density at radius 1 is 1.33 bits per heavy atom. The molecule has 3 N–H and O–H groups in total. The van der Waals surface area contributed by atoms with Crippen molar-refractivity contribution in [3.8, 4) is 0 Å². The summed E-state index contributed by atoms with van der Waals surface area (Å²) in [4.78, 5) is 13.1. The zero-order chi connectivity index (χ0) is 15.4. The van der Waals surface area contributed by atoms with E-state index in [1.165, 1.54) is 44.1 Å². The fraction of sp³-hybridized carbons (Fsp3) is 0.706. The van der Waals surface area contributed by atoms with Crippen molar-refractivity contribution >= 4 is 27.8 Å². The van der Waals surface area contributed by atoms with Crippen molar-refractivity contribution in [1.29, 1.82) is 0 Å². The number of hydrogen-bond donors (Lipinski definition) is 2. The lowest BCUT2D eigenvalue weighted by molar-refractivity contribution is 0.0944. The Labute approximate surface area is 132 Å². The van der Waals surface area contributed by atoms with E-state index in [9.17, 15) is 4.79 Å². The van der Waals surface area contributed by atoms with E-state index in [4.69, 9.17) is 5.73 Å². The Morgan fingerprint density at radius 3 is 2.62 bits per heavy atom. The van der Waals surface area contributed by atoms with Gasteiger partial charge in [-0.1, -0.05) is 40.0 Å². The number of unbranched alkanes of at least 4 members (excludes halogenated alkanes) is 3. The molecule has 1 saturated carbocycles. The average Bonchev–Trinajstić information content (AvgIpc) is 3.22. The molecule has 2 rings (SSSR count). The van der Waals surface area contributed by atoms with E-state index >= 15 is 0 Å². The first-order valence-corrected chi connectivity index (χ1v) is 9.08. The van der Waals surface area contributed by atoms with Crippen LogP contribution < -0.4 is 11.1 Å². The Morgan fingerprint density at radius 2 is 2.05 bits per heavy atom. The maximum atomic E-state index is 12.3. The van der Waals surface area contributed by atoms with Gasteiger partial charge in [-0.15, -0.1) is 11.3 Å². The van der Waals surface area contributed by atoms with Gasteiger partial charge < -0.3 is 11.1 Å². The molecule has 0 amide bonds. The quantitative estimate of drug-likeness (QED) is 0.496. The van der Waals surface area contributed by atoms with Crippen molar-refractivity contribution in [3.63, 3.8) is 0 Å². The van der Waals surface area contributed by atoms with Gasteiger partial charge in [0.15, 0.2) is 5.78 Å². The van der Waals surface area contributed by atoms with Gasteiger partial charge in [-0.2, -0.15) is 0 Å². The van der Waals surface area contributed by atoms with Gasteiger partial charge in [-0.05, 0) is 25.2 Å². The maximum absolute atomic E-state index is 12.3. The monoisotopic (exact) mass is 308 g/mol. The average molecular weight is 308 g/mol. The van der Waals surface area contributed by atoms with Crippen molar-refractivity contribution in [1.82, 2.24) is 0 Å². The fourth-order valence-corrected chi connectivity index (χ4v) is 3.89. The lowest BCUT2D eigenvalue weighted by Crippen LogP contribution is -2.08. The highest BCUT2D eigenvalue weighted by Gasteiger charge is 2.33. The van der Waals surface area contributed by atoms with Crippen molar-refractivity contribution in [2.45, 2.75) is 65.2 Å². The summed E-state index contributed by atoms with van der Waals surface area (Å²) >= 11 is 1.57. The van der Waals surface area contributed by atoms with Gasteiger partial charge in [0.1, 0.15) is 0 Å². The van der Waals surface area contributed by atoms with Crippen LogP contribution in [0.4, 0.5) is 10.7 Å². The van der Waals surface area contributed by atoms with E-state index in [-0.39, 0.29) is 11.7 Å². The van der Waals surface area contributed by atoms with Crippen molar-refractivity contribution < 1.29 is 4.79 Å². The van der Waals surface area contributed by atoms with E-state index in [1.807, 2.05) is 13.8 Å². The molecule has 0 aliphatic heterocycles. The number of ketones is 1. The van der Waals surface area contributed by atoms with Crippen LogP contribution in [0.3, 0.4) is 0 Å². The third-order valence-corrected chi connectivity index (χ3v) is 5.23. The molecule has 118 valence electrons. The minimum absolute atomic E-state index is 0.00964. The summed E-state index contributed by atoms with van der Waals surface area (Å²) in [6.07, 6.45) is 7.42. The van der Waals surface area contributed by atoms with Gasteiger partial charge in [0.25, 0.3) is 0 Å². The zero-order valence-corrected chi connectivity index (χ0v) is 14.3. The molecular weight excluding hydrogens is 280 g/mol. The molecule has 0 radical (unpaired) electrons. The number of nitrogen functional groups attached to an aromatic ring is 1. The first-order valence-electron chi connectivity index (χ1n) is 8.26. The molecular formula is C17H28N2OS. The number of carbonyl (C=O) groups excluding carboxylic acids is 1. The van der Waals surface area contributed by atoms with Crippen LogP contribution in [0.1, 0.15) is 80.4 Å². The molecule has 1 aliphatic carbocycles. The molecule has 21 heavy (non-hydrogen) atoms. The predicted molar refractivity (Wildman–Crippen MR) is 92.5 cm³/mol. The van der Waals surface area contributed by atoms with Crippen LogP contribution in [0.25, 0.3) is 0 Å². The number of Topliss-reactive ketones (excluding diaryl/α,β-unsaturated/α-hetero) is 1. The maximum Gasteiger partial charge on any atom is 0.177 e. The van der Waals surface area contributed by atoms with Crippen LogP contribution in [0, 0.1) is 5.92 Å². The normalized spacial score (nSPS) is 14.7. The Kier molecular flexibility index (Phi) is 5.68. The van der Waals surface area contributed by atoms with Crippen LogP contribution in [0.15, 0.2) is 0 Å². The summed E-state index contributed by atoms with van der Waals surface area (Å²) < 4.78 is 0. The highest BCUT2D eigenvalue weighted by atomic mass is 32.1. The third kappa shape index (κ3) is 4.00. The van der Waals surface area contributed by atoms with Gasteiger partial charge >= 0.3 is 0 Å². The molecule has 0 saturated heterocycles. The first-order chi connectivity index (χ1) is 10.1. The Bertz CT molecular complexity index is 489. The summed E-state index contributed by atoms with van der Waals surface area (Å²) in [7, 11) is 0. The standard InChI is InChI=1S/C17H28N2OS/c1-4-5-6-7-10-19-17-13(12-8-9-12)14(18)16(21-17)15(20)11(2)3/h11-12,19H,4-10,18H2,1-3H3.